The number of hydrogen-bond acceptors (Lipinski definition) is 6. The van der Waals surface area contributed by atoms with Gasteiger partial charge >= 0.3 is 0 Å². The smallest absolute Gasteiger partial charge is 0.255 e. The van der Waals surface area contributed by atoms with Crippen molar-refractivity contribution in [1.29, 1.82) is 0 Å². The summed E-state index contributed by atoms with van der Waals surface area (Å²) in [5, 5.41) is 15.8. The number of rotatable bonds is 7. The molecular formula is C21H21N5O3S2. The number of carbonyl (C=O) groups excluding carboxylic acids is 1. The van der Waals surface area contributed by atoms with Crippen molar-refractivity contribution in [3.8, 4) is 0 Å². The predicted octanol–water partition coefficient (Wildman–Crippen LogP) is 3.74. The first-order valence-electron chi connectivity index (χ1n) is 9.41. The van der Waals surface area contributed by atoms with Gasteiger partial charge in [-0.25, -0.2) is 12.7 Å². The number of thiophene rings is 1. The number of benzene rings is 2. The first-order valence-corrected chi connectivity index (χ1v) is 11.7. The van der Waals surface area contributed by atoms with Crippen LogP contribution >= 0.6 is 11.3 Å². The highest BCUT2D eigenvalue weighted by Gasteiger charge is 2.21. The highest BCUT2D eigenvalue weighted by molar-refractivity contribution is 7.89. The van der Waals surface area contributed by atoms with Crippen molar-refractivity contribution in [3.63, 3.8) is 0 Å². The van der Waals surface area contributed by atoms with E-state index in [0.29, 0.717) is 17.9 Å². The van der Waals surface area contributed by atoms with Gasteiger partial charge in [-0.05, 0) is 47.8 Å². The fraction of sp³-hybridized carbons (Fsp3) is 0.143. The van der Waals surface area contributed by atoms with E-state index >= 15 is 0 Å². The number of carbonyl (C=O) groups is 1. The van der Waals surface area contributed by atoms with E-state index in [2.05, 4.69) is 20.8 Å². The predicted molar refractivity (Wildman–Crippen MR) is 123 cm³/mol. The van der Waals surface area contributed by atoms with Crippen molar-refractivity contribution >= 4 is 49.5 Å². The van der Waals surface area contributed by atoms with Crippen molar-refractivity contribution in [2.24, 2.45) is 0 Å². The Labute approximate surface area is 184 Å². The second-order valence-electron chi connectivity index (χ2n) is 7.09. The van der Waals surface area contributed by atoms with Gasteiger partial charge in [-0.15, -0.1) is 11.3 Å². The lowest BCUT2D eigenvalue weighted by Crippen LogP contribution is -2.23. The summed E-state index contributed by atoms with van der Waals surface area (Å²) >= 11 is 1.59. The van der Waals surface area contributed by atoms with Gasteiger partial charge in [-0.3, -0.25) is 9.89 Å². The van der Waals surface area contributed by atoms with E-state index in [-0.39, 0.29) is 10.5 Å². The van der Waals surface area contributed by atoms with Gasteiger partial charge in [-0.2, -0.15) is 5.10 Å². The zero-order valence-electron chi connectivity index (χ0n) is 16.9. The van der Waals surface area contributed by atoms with E-state index in [4.69, 9.17) is 0 Å². The molecule has 3 N–H and O–H groups in total. The van der Waals surface area contributed by atoms with Crippen LogP contribution in [0.1, 0.15) is 15.2 Å². The Balaban J connectivity index is 1.65. The first-order chi connectivity index (χ1) is 14.8. The summed E-state index contributed by atoms with van der Waals surface area (Å²) in [4.78, 5) is 14.1. The minimum absolute atomic E-state index is 0.0443. The summed E-state index contributed by atoms with van der Waals surface area (Å²) in [6.07, 6.45) is 1.70. The maximum Gasteiger partial charge on any atom is 0.255 e. The molecule has 2 aromatic heterocycles. The van der Waals surface area contributed by atoms with E-state index in [1.54, 1.807) is 35.7 Å². The zero-order chi connectivity index (χ0) is 22.0. The molecule has 0 spiro atoms. The first kappa shape index (κ1) is 21.0. The molecule has 0 bridgehead atoms. The van der Waals surface area contributed by atoms with Crippen LogP contribution in [0.25, 0.3) is 10.9 Å². The fourth-order valence-electron chi connectivity index (χ4n) is 3.01. The molecule has 2 aromatic carbocycles. The van der Waals surface area contributed by atoms with Gasteiger partial charge in [0.25, 0.3) is 5.91 Å². The zero-order valence-corrected chi connectivity index (χ0v) is 18.5. The van der Waals surface area contributed by atoms with Crippen molar-refractivity contribution in [3.05, 3.63) is 70.5 Å². The third kappa shape index (κ3) is 4.61. The number of sulfonamides is 1. The molecule has 0 aliphatic rings. The van der Waals surface area contributed by atoms with Crippen molar-refractivity contribution in [2.75, 3.05) is 24.7 Å². The molecule has 8 nitrogen and oxygen atoms in total. The van der Waals surface area contributed by atoms with Crippen LogP contribution < -0.4 is 10.6 Å². The number of nitrogens with zero attached hydrogens (tertiary/aromatic N) is 2. The van der Waals surface area contributed by atoms with E-state index < -0.39 is 15.9 Å². The minimum Gasteiger partial charge on any atom is -0.380 e. The van der Waals surface area contributed by atoms with Gasteiger partial charge in [0.05, 0.1) is 16.6 Å². The minimum atomic E-state index is -3.72. The summed E-state index contributed by atoms with van der Waals surface area (Å²) in [5.74, 6) is -0.408. The molecule has 0 aliphatic heterocycles. The summed E-state index contributed by atoms with van der Waals surface area (Å²) < 4.78 is 26.6. The van der Waals surface area contributed by atoms with Gasteiger partial charge in [0.2, 0.25) is 10.0 Å². The molecule has 4 aromatic rings. The molecule has 1 amide bonds. The molecule has 2 heterocycles. The van der Waals surface area contributed by atoms with Gasteiger partial charge in [-0.1, -0.05) is 6.07 Å². The van der Waals surface area contributed by atoms with Crippen molar-refractivity contribution < 1.29 is 13.2 Å². The maximum atomic E-state index is 13.0. The Hall–Kier alpha value is -3.21. The van der Waals surface area contributed by atoms with Gasteiger partial charge < -0.3 is 10.6 Å². The van der Waals surface area contributed by atoms with Crippen LogP contribution in [0.2, 0.25) is 0 Å². The second kappa shape index (κ2) is 8.50. The summed E-state index contributed by atoms with van der Waals surface area (Å²) in [6, 6.07) is 13.9. The van der Waals surface area contributed by atoms with E-state index in [1.807, 2.05) is 23.6 Å². The molecule has 10 heteroatoms. The molecule has 0 atom stereocenters. The number of fused-ring (bicyclic) bond motifs is 1. The molecule has 0 fully saturated rings. The molecule has 4 rings (SSSR count). The quantitative estimate of drug-likeness (QED) is 0.394. The van der Waals surface area contributed by atoms with Gasteiger partial charge in [0.1, 0.15) is 0 Å². The van der Waals surface area contributed by atoms with Gasteiger partial charge in [0, 0.05) is 47.8 Å². The number of H-pyrrole nitrogens is 1. The number of anilines is 2. The monoisotopic (exact) mass is 455 g/mol. The molecule has 31 heavy (non-hydrogen) atoms. The van der Waals surface area contributed by atoms with Crippen LogP contribution in [0.4, 0.5) is 11.4 Å². The van der Waals surface area contributed by atoms with Crippen molar-refractivity contribution in [1.82, 2.24) is 14.5 Å². The number of hydrogen-bond donors (Lipinski definition) is 3. The third-order valence-corrected chi connectivity index (χ3v) is 7.36. The van der Waals surface area contributed by atoms with E-state index in [9.17, 15) is 13.2 Å². The highest BCUT2D eigenvalue weighted by Crippen LogP contribution is 2.24. The van der Waals surface area contributed by atoms with Crippen LogP contribution in [0.5, 0.6) is 0 Å². The fourth-order valence-corrected chi connectivity index (χ4v) is 4.63. The third-order valence-electron chi connectivity index (χ3n) is 4.69. The number of nitrogens with one attached hydrogen (secondary N) is 3. The second-order valence-corrected chi connectivity index (χ2v) is 10.3. The van der Waals surface area contributed by atoms with Crippen molar-refractivity contribution in [2.45, 2.75) is 11.4 Å². The molecular weight excluding hydrogens is 434 g/mol. The Morgan fingerprint density at radius 1 is 1.13 bits per heavy atom. The van der Waals surface area contributed by atoms with Crippen LogP contribution in [-0.2, 0) is 16.6 Å². The number of aromatic amines is 1. The van der Waals surface area contributed by atoms with Gasteiger partial charge in [0.15, 0.2) is 0 Å². The Morgan fingerprint density at radius 2 is 1.97 bits per heavy atom. The molecule has 0 saturated heterocycles. The summed E-state index contributed by atoms with van der Waals surface area (Å²) in [7, 11) is -0.801. The normalized spacial score (nSPS) is 11.7. The van der Waals surface area contributed by atoms with Crippen LogP contribution in [0.15, 0.2) is 65.0 Å². The molecule has 160 valence electrons. The number of aromatic nitrogens is 2. The average molecular weight is 456 g/mol. The SMILES string of the molecule is CN(C)S(=O)(=O)c1cc(NCc2cccs2)cc(C(=O)Nc2ccc3cn[nH]c3c2)c1. The van der Waals surface area contributed by atoms with Crippen LogP contribution in [0.3, 0.4) is 0 Å². The summed E-state index contributed by atoms with van der Waals surface area (Å²) in [6.45, 7) is 0.528. The Kier molecular flexibility index (Phi) is 5.77. The van der Waals surface area contributed by atoms with E-state index in [0.717, 1.165) is 20.1 Å². The lowest BCUT2D eigenvalue weighted by Gasteiger charge is -2.15. The standard InChI is InChI=1S/C21H21N5O3S2/c1-26(2)31(28,29)19-9-15(8-17(10-19)22-13-18-4-3-7-30-18)21(27)24-16-6-5-14-12-23-25-20(14)11-16/h3-12,22H,13H2,1-2H3,(H,23,25)(H,24,27). The molecule has 0 saturated carbocycles. The Bertz CT molecular complexity index is 1330. The van der Waals surface area contributed by atoms with E-state index in [1.165, 1.54) is 26.2 Å². The maximum absolute atomic E-state index is 13.0. The lowest BCUT2D eigenvalue weighted by molar-refractivity contribution is 0.102. The molecule has 0 radical (unpaired) electrons. The van der Waals surface area contributed by atoms with Crippen LogP contribution in [-0.4, -0.2) is 42.9 Å². The summed E-state index contributed by atoms with van der Waals surface area (Å²) in [5.41, 5.74) is 2.16. The van der Waals surface area contributed by atoms with Crippen LogP contribution in [0, 0.1) is 0 Å². The largest absolute Gasteiger partial charge is 0.380 e. The topological polar surface area (TPSA) is 107 Å². The number of amides is 1. The molecule has 0 unspecified atom stereocenters. The molecule has 0 aliphatic carbocycles. The highest BCUT2D eigenvalue weighted by atomic mass is 32.2. The Morgan fingerprint density at radius 3 is 2.71 bits per heavy atom. The lowest BCUT2D eigenvalue weighted by atomic mass is 10.1. The average Bonchev–Trinajstić information content (AvgIpc) is 3.43.